The lowest BCUT2D eigenvalue weighted by Gasteiger charge is -2.42. The number of hydrogen-bond acceptors (Lipinski definition) is 7. The number of carbonyl (C=O) groups is 3. The Morgan fingerprint density at radius 1 is 1.15 bits per heavy atom. The molecule has 2 N–H and O–H groups in total. The zero-order valence-corrected chi connectivity index (χ0v) is 23.3. The Hall–Kier alpha value is -3.18. The largest absolute Gasteiger partial charge is 0.490 e. The predicted octanol–water partition coefficient (Wildman–Crippen LogP) is 4.79. The highest BCUT2D eigenvalue weighted by Crippen LogP contribution is 2.32. The van der Waals surface area contributed by atoms with E-state index < -0.39 is 6.10 Å². The van der Waals surface area contributed by atoms with Gasteiger partial charge in [0.15, 0.2) is 0 Å². The number of thiazole rings is 1. The summed E-state index contributed by atoms with van der Waals surface area (Å²) in [6.45, 7) is 0.555. The van der Waals surface area contributed by atoms with Crippen LogP contribution in [0.15, 0.2) is 47.3 Å². The van der Waals surface area contributed by atoms with E-state index in [0.29, 0.717) is 52.1 Å². The number of halogens is 2. The monoisotopic (exact) mass is 588 g/mol. The van der Waals surface area contributed by atoms with Gasteiger partial charge in [-0.15, -0.1) is 11.3 Å². The molecule has 12 heteroatoms. The first-order valence-electron chi connectivity index (χ1n) is 12.4. The molecular weight excluding hydrogens is 563 g/mol. The maximum atomic E-state index is 13.4. The van der Waals surface area contributed by atoms with Gasteiger partial charge in [-0.25, -0.2) is 4.98 Å². The standard InChI is InChI=1S/C27H26Cl2N4O5S/c1-33-22-6-4-17(10-25(34)30-11-15-2-5-19(28)20(29)8-15)38-24(22)12-37-23-7-3-16(9-18(23)27(33)36)32-26(35)21-13-39-14-31-21/h2-3,5,7-9,13-14,17,22,24H,4,6,10-12H2,1H3,(H,30,34)(H,32,35)/t17-,22+,24-/m0/s1. The summed E-state index contributed by atoms with van der Waals surface area (Å²) in [6, 6.07) is 9.97. The van der Waals surface area contributed by atoms with Crippen molar-refractivity contribution in [1.82, 2.24) is 15.2 Å². The second-order valence-corrected chi connectivity index (χ2v) is 11.0. The number of hydrogen-bond donors (Lipinski definition) is 2. The predicted molar refractivity (Wildman–Crippen MR) is 149 cm³/mol. The highest BCUT2D eigenvalue weighted by molar-refractivity contribution is 7.07. The van der Waals surface area contributed by atoms with E-state index in [1.807, 2.05) is 6.07 Å². The second-order valence-electron chi connectivity index (χ2n) is 9.44. The number of fused-ring (bicyclic) bond motifs is 2. The Morgan fingerprint density at radius 2 is 2.00 bits per heavy atom. The molecule has 3 aromatic rings. The number of amides is 3. The molecule has 3 amide bonds. The minimum Gasteiger partial charge on any atom is -0.490 e. The molecule has 3 heterocycles. The van der Waals surface area contributed by atoms with Crippen molar-refractivity contribution in [1.29, 1.82) is 0 Å². The molecule has 2 aliphatic heterocycles. The van der Waals surface area contributed by atoms with Gasteiger partial charge in [0.1, 0.15) is 24.2 Å². The number of nitrogens with one attached hydrogen (secondary N) is 2. The normalized spacial score (nSPS) is 20.6. The topological polar surface area (TPSA) is 110 Å². The minimum absolute atomic E-state index is 0.140. The molecule has 9 nitrogen and oxygen atoms in total. The average molecular weight is 590 g/mol. The summed E-state index contributed by atoms with van der Waals surface area (Å²) in [7, 11) is 1.74. The molecule has 1 aromatic heterocycles. The Balaban J connectivity index is 1.20. The molecule has 5 rings (SSSR count). The van der Waals surface area contributed by atoms with E-state index in [2.05, 4.69) is 15.6 Å². The van der Waals surface area contributed by atoms with Gasteiger partial charge in [0, 0.05) is 24.7 Å². The van der Waals surface area contributed by atoms with Gasteiger partial charge in [0.05, 0.1) is 39.7 Å². The maximum absolute atomic E-state index is 13.4. The lowest BCUT2D eigenvalue weighted by Crippen LogP contribution is -2.53. The van der Waals surface area contributed by atoms with Crippen LogP contribution in [0.25, 0.3) is 0 Å². The molecule has 0 spiro atoms. The zero-order chi connectivity index (χ0) is 27.5. The van der Waals surface area contributed by atoms with Crippen LogP contribution in [0.1, 0.15) is 45.7 Å². The highest BCUT2D eigenvalue weighted by Gasteiger charge is 2.39. The van der Waals surface area contributed by atoms with Gasteiger partial charge >= 0.3 is 0 Å². The van der Waals surface area contributed by atoms with Gasteiger partial charge in [-0.2, -0.15) is 0 Å². The van der Waals surface area contributed by atoms with E-state index in [1.54, 1.807) is 53.2 Å². The summed E-state index contributed by atoms with van der Waals surface area (Å²) in [6.07, 6.45) is 0.791. The molecular formula is C27H26Cl2N4O5S. The first-order valence-corrected chi connectivity index (χ1v) is 14.1. The van der Waals surface area contributed by atoms with Crippen LogP contribution in [-0.4, -0.2) is 59.5 Å². The summed E-state index contributed by atoms with van der Waals surface area (Å²) < 4.78 is 12.3. The Kier molecular flexibility index (Phi) is 8.37. The van der Waals surface area contributed by atoms with Crippen molar-refractivity contribution in [3.8, 4) is 5.75 Å². The molecule has 0 unspecified atom stereocenters. The molecule has 3 atom stereocenters. The Morgan fingerprint density at radius 3 is 2.77 bits per heavy atom. The molecule has 0 bridgehead atoms. The van der Waals surface area contributed by atoms with Crippen LogP contribution in [-0.2, 0) is 16.1 Å². The van der Waals surface area contributed by atoms with Gasteiger partial charge < -0.3 is 25.0 Å². The van der Waals surface area contributed by atoms with E-state index in [-0.39, 0.29) is 42.9 Å². The molecule has 1 fully saturated rings. The molecule has 0 saturated carbocycles. The Bertz CT molecular complexity index is 1390. The lowest BCUT2D eigenvalue weighted by molar-refractivity contribution is -0.134. The number of nitrogens with zero attached hydrogens (tertiary/aromatic N) is 2. The van der Waals surface area contributed by atoms with Gasteiger partial charge in [-0.05, 0) is 48.7 Å². The number of anilines is 1. The van der Waals surface area contributed by atoms with Gasteiger partial charge in [-0.1, -0.05) is 29.3 Å². The first-order chi connectivity index (χ1) is 18.8. The molecule has 39 heavy (non-hydrogen) atoms. The van der Waals surface area contributed by atoms with Crippen LogP contribution in [0.3, 0.4) is 0 Å². The third-order valence-corrected chi connectivity index (χ3v) is 8.15. The molecule has 0 aliphatic carbocycles. The van der Waals surface area contributed by atoms with E-state index in [4.69, 9.17) is 32.7 Å². The van der Waals surface area contributed by atoms with Crippen molar-refractivity contribution in [2.75, 3.05) is 19.0 Å². The summed E-state index contributed by atoms with van der Waals surface area (Å²) in [5.74, 6) is -0.317. The summed E-state index contributed by atoms with van der Waals surface area (Å²) in [4.78, 5) is 44.1. The zero-order valence-electron chi connectivity index (χ0n) is 21.0. The van der Waals surface area contributed by atoms with Crippen molar-refractivity contribution < 1.29 is 23.9 Å². The summed E-state index contributed by atoms with van der Waals surface area (Å²) in [5.41, 5.74) is 3.57. The van der Waals surface area contributed by atoms with E-state index in [0.717, 1.165) is 5.56 Å². The average Bonchev–Trinajstić information content (AvgIpc) is 3.47. The molecule has 204 valence electrons. The first kappa shape index (κ1) is 27.4. The SMILES string of the molecule is CN1C(=O)c2cc(NC(=O)c3cscn3)ccc2OC[C@@H]2O[C@H](CC(=O)NCc3ccc(Cl)c(Cl)c3)CC[C@H]21. The number of likely N-dealkylation sites (N-methyl/N-ethyl adjacent to an activating group) is 1. The third-order valence-electron chi connectivity index (χ3n) is 6.82. The van der Waals surface area contributed by atoms with Crippen LogP contribution in [0.2, 0.25) is 10.0 Å². The van der Waals surface area contributed by atoms with Crippen LogP contribution >= 0.6 is 34.5 Å². The van der Waals surface area contributed by atoms with E-state index in [1.165, 1.54) is 11.3 Å². The van der Waals surface area contributed by atoms with Crippen molar-refractivity contribution in [2.24, 2.45) is 0 Å². The van der Waals surface area contributed by atoms with Crippen LogP contribution in [0.5, 0.6) is 5.75 Å². The molecule has 2 aromatic carbocycles. The van der Waals surface area contributed by atoms with Crippen molar-refractivity contribution in [3.63, 3.8) is 0 Å². The van der Waals surface area contributed by atoms with Gasteiger partial charge in [0.25, 0.3) is 11.8 Å². The molecule has 1 saturated heterocycles. The van der Waals surface area contributed by atoms with Crippen LogP contribution in [0.4, 0.5) is 5.69 Å². The third kappa shape index (κ3) is 6.36. The minimum atomic E-state index is -0.391. The lowest BCUT2D eigenvalue weighted by atomic mass is 9.94. The molecule has 2 aliphatic rings. The number of benzene rings is 2. The highest BCUT2D eigenvalue weighted by atomic mass is 35.5. The number of ether oxygens (including phenoxy) is 2. The Labute approximate surface area is 239 Å². The second kappa shape index (κ2) is 11.9. The van der Waals surface area contributed by atoms with E-state index in [9.17, 15) is 14.4 Å². The van der Waals surface area contributed by atoms with Crippen LogP contribution in [0, 0.1) is 0 Å². The fourth-order valence-corrected chi connectivity index (χ4v) is 5.61. The summed E-state index contributed by atoms with van der Waals surface area (Å²) in [5, 5.41) is 8.22. The van der Waals surface area contributed by atoms with Gasteiger partial charge in [0.2, 0.25) is 5.91 Å². The quantitative estimate of drug-likeness (QED) is 0.428. The van der Waals surface area contributed by atoms with Crippen molar-refractivity contribution in [3.05, 3.63) is 74.2 Å². The van der Waals surface area contributed by atoms with Crippen molar-refractivity contribution in [2.45, 2.75) is 44.1 Å². The fraction of sp³-hybridized carbons (Fsp3) is 0.333. The van der Waals surface area contributed by atoms with Crippen LogP contribution < -0.4 is 15.4 Å². The van der Waals surface area contributed by atoms with Gasteiger partial charge in [-0.3, -0.25) is 14.4 Å². The summed E-state index contributed by atoms with van der Waals surface area (Å²) >= 11 is 13.3. The smallest absolute Gasteiger partial charge is 0.275 e. The van der Waals surface area contributed by atoms with E-state index >= 15 is 0 Å². The maximum Gasteiger partial charge on any atom is 0.275 e. The molecule has 0 radical (unpaired) electrons. The number of carbonyl (C=O) groups excluding carboxylic acids is 3. The van der Waals surface area contributed by atoms with Crippen molar-refractivity contribution >= 4 is 57.9 Å². The number of aromatic nitrogens is 1. The number of rotatable bonds is 6. The fourth-order valence-electron chi connectivity index (χ4n) is 4.75.